The summed E-state index contributed by atoms with van der Waals surface area (Å²) in [7, 11) is 0. The van der Waals surface area contributed by atoms with E-state index in [4.69, 9.17) is 0 Å². The van der Waals surface area contributed by atoms with E-state index in [1.165, 1.54) is 0 Å². The second-order valence-electron chi connectivity index (χ2n) is 6.43. The lowest BCUT2D eigenvalue weighted by Gasteiger charge is -2.23. The smallest absolute Gasteiger partial charge is 0.246 e. The second-order valence-corrected chi connectivity index (χ2v) is 6.43. The number of hydrogen-bond donors (Lipinski definition) is 1. The molecule has 2 aromatic rings. The zero-order chi connectivity index (χ0) is 18.5. The van der Waals surface area contributed by atoms with Crippen LogP contribution in [0.3, 0.4) is 0 Å². The van der Waals surface area contributed by atoms with Gasteiger partial charge in [0.25, 0.3) is 0 Å². The summed E-state index contributed by atoms with van der Waals surface area (Å²) in [5.74, 6) is 0.184. The van der Waals surface area contributed by atoms with E-state index in [2.05, 4.69) is 5.32 Å². The van der Waals surface area contributed by atoms with Crippen molar-refractivity contribution < 1.29 is 9.59 Å². The molecule has 0 unspecified atom stereocenters. The third-order valence-corrected chi connectivity index (χ3v) is 4.78. The van der Waals surface area contributed by atoms with Gasteiger partial charge in [-0.25, -0.2) is 0 Å². The molecule has 0 aromatic heterocycles. The van der Waals surface area contributed by atoms with E-state index in [1.807, 2.05) is 67.3 Å². The molecule has 136 valence electrons. The van der Waals surface area contributed by atoms with E-state index in [0.29, 0.717) is 13.0 Å². The minimum atomic E-state index is 0.0146. The molecule has 1 heterocycles. The van der Waals surface area contributed by atoms with Crippen LogP contribution >= 0.6 is 0 Å². The zero-order valence-corrected chi connectivity index (χ0v) is 15.4. The maximum absolute atomic E-state index is 12.7. The van der Waals surface area contributed by atoms with Crippen molar-refractivity contribution >= 4 is 28.9 Å². The molecule has 3 rings (SSSR count). The summed E-state index contributed by atoms with van der Waals surface area (Å²) in [6.07, 6.45) is 1.51. The summed E-state index contributed by atoms with van der Waals surface area (Å²) >= 11 is 0. The molecule has 0 atom stereocenters. The van der Waals surface area contributed by atoms with Crippen LogP contribution in [0.15, 0.2) is 48.5 Å². The predicted octanol–water partition coefficient (Wildman–Crippen LogP) is 3.59. The standard InChI is InChI=1S/C21H25N3O2/c1-3-23(17-9-5-4-6-10-17)21(26)15-22-18-11-7-12-19(16(18)2)24-14-8-13-20(24)25/h4-7,9-12,22H,3,8,13-15H2,1-2H3. The third-order valence-electron chi connectivity index (χ3n) is 4.78. The quantitative estimate of drug-likeness (QED) is 0.865. The van der Waals surface area contributed by atoms with E-state index in [9.17, 15) is 9.59 Å². The normalized spacial score (nSPS) is 13.8. The van der Waals surface area contributed by atoms with Gasteiger partial charge in [-0.2, -0.15) is 0 Å². The molecule has 0 bridgehead atoms. The van der Waals surface area contributed by atoms with Crippen molar-refractivity contribution in [3.63, 3.8) is 0 Å². The molecule has 0 saturated carbocycles. The number of rotatable bonds is 6. The van der Waals surface area contributed by atoms with Crippen molar-refractivity contribution in [1.29, 1.82) is 0 Å². The number of carbonyl (C=O) groups excluding carboxylic acids is 2. The van der Waals surface area contributed by atoms with E-state index in [-0.39, 0.29) is 18.4 Å². The minimum Gasteiger partial charge on any atom is -0.376 e. The molecule has 0 radical (unpaired) electrons. The fourth-order valence-electron chi connectivity index (χ4n) is 3.39. The Hall–Kier alpha value is -2.82. The number of para-hydroxylation sites is 1. The molecular weight excluding hydrogens is 326 g/mol. The zero-order valence-electron chi connectivity index (χ0n) is 15.4. The van der Waals surface area contributed by atoms with Crippen LogP contribution in [0.4, 0.5) is 17.1 Å². The summed E-state index contributed by atoms with van der Waals surface area (Å²) < 4.78 is 0. The molecule has 1 aliphatic heterocycles. The fraction of sp³-hybridized carbons (Fsp3) is 0.333. The van der Waals surface area contributed by atoms with Crippen molar-refractivity contribution in [1.82, 2.24) is 0 Å². The Morgan fingerprint density at radius 2 is 1.92 bits per heavy atom. The molecule has 1 N–H and O–H groups in total. The summed E-state index contributed by atoms with van der Waals surface area (Å²) in [6, 6.07) is 15.5. The number of carbonyl (C=O) groups is 2. The molecular formula is C21H25N3O2. The molecule has 0 aliphatic carbocycles. The van der Waals surface area contributed by atoms with Crippen LogP contribution in [0.25, 0.3) is 0 Å². The molecule has 5 heteroatoms. The van der Waals surface area contributed by atoms with Crippen LogP contribution in [0, 0.1) is 6.92 Å². The first-order chi connectivity index (χ1) is 12.6. The van der Waals surface area contributed by atoms with Gasteiger partial charge in [0.15, 0.2) is 0 Å². The number of hydrogen-bond acceptors (Lipinski definition) is 3. The van der Waals surface area contributed by atoms with Crippen molar-refractivity contribution in [3.05, 3.63) is 54.1 Å². The number of likely N-dealkylation sites (N-methyl/N-ethyl adjacent to an activating group) is 1. The number of nitrogens with zero attached hydrogens (tertiary/aromatic N) is 2. The molecule has 1 fully saturated rings. The Morgan fingerprint density at radius 3 is 2.58 bits per heavy atom. The third kappa shape index (κ3) is 3.72. The topological polar surface area (TPSA) is 52.7 Å². The van der Waals surface area contributed by atoms with E-state index < -0.39 is 0 Å². The first-order valence-electron chi connectivity index (χ1n) is 9.11. The maximum Gasteiger partial charge on any atom is 0.246 e. The first-order valence-corrected chi connectivity index (χ1v) is 9.11. The van der Waals surface area contributed by atoms with Gasteiger partial charge in [0.1, 0.15) is 0 Å². The Morgan fingerprint density at radius 1 is 1.15 bits per heavy atom. The number of anilines is 3. The Bertz CT molecular complexity index is 789. The van der Waals surface area contributed by atoms with Crippen LogP contribution in [0.1, 0.15) is 25.3 Å². The summed E-state index contributed by atoms with van der Waals surface area (Å²) in [5.41, 5.74) is 3.72. The molecule has 0 spiro atoms. The molecule has 2 aromatic carbocycles. The predicted molar refractivity (Wildman–Crippen MR) is 106 cm³/mol. The van der Waals surface area contributed by atoms with Crippen molar-refractivity contribution in [3.8, 4) is 0 Å². The SMILES string of the molecule is CCN(C(=O)CNc1cccc(N2CCCC2=O)c1C)c1ccccc1. The Balaban J connectivity index is 1.71. The van der Waals surface area contributed by atoms with Gasteiger partial charge in [0.05, 0.1) is 6.54 Å². The van der Waals surface area contributed by atoms with Gasteiger partial charge >= 0.3 is 0 Å². The molecule has 5 nitrogen and oxygen atoms in total. The van der Waals surface area contributed by atoms with Crippen molar-refractivity contribution in [2.45, 2.75) is 26.7 Å². The Kier molecular flexibility index (Phi) is 5.56. The molecule has 1 saturated heterocycles. The highest BCUT2D eigenvalue weighted by atomic mass is 16.2. The van der Waals surface area contributed by atoms with E-state index in [1.54, 1.807) is 4.90 Å². The lowest BCUT2D eigenvalue weighted by molar-refractivity contribution is -0.117. The maximum atomic E-state index is 12.7. The highest BCUT2D eigenvalue weighted by Crippen LogP contribution is 2.29. The summed E-state index contributed by atoms with van der Waals surface area (Å²) in [4.78, 5) is 28.3. The van der Waals surface area contributed by atoms with E-state index in [0.717, 1.165) is 35.6 Å². The fourth-order valence-corrected chi connectivity index (χ4v) is 3.39. The monoisotopic (exact) mass is 351 g/mol. The van der Waals surface area contributed by atoms with Crippen LogP contribution in [-0.4, -0.2) is 31.4 Å². The summed E-state index contributed by atoms with van der Waals surface area (Å²) in [5, 5.41) is 3.25. The number of benzene rings is 2. The highest BCUT2D eigenvalue weighted by molar-refractivity contribution is 5.98. The van der Waals surface area contributed by atoms with Gasteiger partial charge in [-0.15, -0.1) is 0 Å². The van der Waals surface area contributed by atoms with Gasteiger partial charge in [0, 0.05) is 36.6 Å². The average Bonchev–Trinajstić information content (AvgIpc) is 3.08. The molecule has 26 heavy (non-hydrogen) atoms. The van der Waals surface area contributed by atoms with Crippen molar-refractivity contribution in [2.75, 3.05) is 34.8 Å². The van der Waals surface area contributed by atoms with Crippen LogP contribution in [-0.2, 0) is 9.59 Å². The average molecular weight is 351 g/mol. The lowest BCUT2D eigenvalue weighted by atomic mass is 10.1. The lowest BCUT2D eigenvalue weighted by Crippen LogP contribution is -2.35. The van der Waals surface area contributed by atoms with Crippen LogP contribution in [0.5, 0.6) is 0 Å². The van der Waals surface area contributed by atoms with Gasteiger partial charge in [-0.05, 0) is 50.1 Å². The van der Waals surface area contributed by atoms with Gasteiger partial charge in [-0.1, -0.05) is 24.3 Å². The highest BCUT2D eigenvalue weighted by Gasteiger charge is 2.23. The van der Waals surface area contributed by atoms with Crippen LogP contribution in [0.2, 0.25) is 0 Å². The first kappa shape index (κ1) is 18.0. The molecule has 1 aliphatic rings. The second kappa shape index (κ2) is 8.04. The van der Waals surface area contributed by atoms with Gasteiger partial charge in [-0.3, -0.25) is 9.59 Å². The van der Waals surface area contributed by atoms with E-state index >= 15 is 0 Å². The Labute approximate surface area is 154 Å². The number of amides is 2. The molecule has 2 amide bonds. The van der Waals surface area contributed by atoms with Gasteiger partial charge < -0.3 is 15.1 Å². The van der Waals surface area contributed by atoms with Gasteiger partial charge in [0.2, 0.25) is 11.8 Å². The minimum absolute atomic E-state index is 0.0146. The van der Waals surface area contributed by atoms with Crippen molar-refractivity contribution in [2.24, 2.45) is 0 Å². The van der Waals surface area contributed by atoms with Crippen LogP contribution < -0.4 is 15.1 Å². The largest absolute Gasteiger partial charge is 0.376 e. The number of nitrogens with one attached hydrogen (secondary N) is 1. The summed E-state index contributed by atoms with van der Waals surface area (Å²) in [6.45, 7) is 5.55.